The lowest BCUT2D eigenvalue weighted by molar-refractivity contribution is 0.0106. The molecular weight excluding hydrogens is 656 g/mol. The van der Waals surface area contributed by atoms with Gasteiger partial charge in [-0.15, -0.1) is 0 Å². The SMILES string of the molecule is COc1ccc(C(OCCCCCCn2c3nc(=O)n(CCCO)c(=O)c-3nc3cc(C)c(C)cc32)(c2ccccc2)c2ccc(OC)cc2)cc1. The number of fused-ring (bicyclic) bond motifs is 2. The molecule has 0 saturated heterocycles. The molecule has 0 fully saturated rings. The van der Waals surface area contributed by atoms with Crippen LogP contribution in [0, 0.1) is 13.8 Å². The highest BCUT2D eigenvalue weighted by molar-refractivity contribution is 5.81. The van der Waals surface area contributed by atoms with Crippen LogP contribution < -0.4 is 20.7 Å². The fourth-order valence-electron chi connectivity index (χ4n) is 6.80. The second-order valence-electron chi connectivity index (χ2n) is 13.1. The Morgan fingerprint density at radius 3 is 1.87 bits per heavy atom. The first-order valence-corrected chi connectivity index (χ1v) is 17.8. The van der Waals surface area contributed by atoms with Crippen molar-refractivity contribution in [3.8, 4) is 23.0 Å². The highest BCUT2D eigenvalue weighted by Gasteiger charge is 2.37. The van der Waals surface area contributed by atoms with E-state index in [0.29, 0.717) is 24.5 Å². The first kappa shape index (κ1) is 36.5. The largest absolute Gasteiger partial charge is 0.497 e. The lowest BCUT2D eigenvalue weighted by Gasteiger charge is -2.36. The van der Waals surface area contributed by atoms with Crippen molar-refractivity contribution in [2.75, 3.05) is 27.4 Å². The molecular formula is C42H46N4O6. The van der Waals surface area contributed by atoms with Gasteiger partial charge in [0.05, 0.1) is 25.3 Å². The minimum absolute atomic E-state index is 0.0916. The molecule has 10 nitrogen and oxygen atoms in total. The zero-order valence-electron chi connectivity index (χ0n) is 30.3. The van der Waals surface area contributed by atoms with Crippen molar-refractivity contribution in [1.82, 2.24) is 19.1 Å². The quantitative estimate of drug-likeness (QED) is 0.0678. The van der Waals surface area contributed by atoms with Crippen LogP contribution in [0.25, 0.3) is 22.6 Å². The molecule has 2 aliphatic rings. The van der Waals surface area contributed by atoms with E-state index in [9.17, 15) is 14.7 Å². The number of aryl methyl sites for hydroxylation is 3. The van der Waals surface area contributed by atoms with Crippen LogP contribution in [-0.2, 0) is 23.4 Å². The third-order valence-corrected chi connectivity index (χ3v) is 9.77. The number of aliphatic hydroxyl groups is 1. The Labute approximate surface area is 303 Å². The summed E-state index contributed by atoms with van der Waals surface area (Å²) in [5, 5.41) is 9.30. The maximum atomic E-state index is 13.4. The van der Waals surface area contributed by atoms with Gasteiger partial charge in [-0.3, -0.25) is 9.36 Å². The van der Waals surface area contributed by atoms with Crippen molar-refractivity contribution in [3.05, 3.63) is 140 Å². The van der Waals surface area contributed by atoms with Crippen LogP contribution in [0.2, 0.25) is 0 Å². The maximum Gasteiger partial charge on any atom is 0.352 e. The second-order valence-corrected chi connectivity index (χ2v) is 13.1. The lowest BCUT2D eigenvalue weighted by atomic mass is 9.80. The van der Waals surface area contributed by atoms with E-state index in [1.807, 2.05) is 66.9 Å². The second kappa shape index (κ2) is 16.4. The van der Waals surface area contributed by atoms with Gasteiger partial charge in [-0.25, -0.2) is 9.78 Å². The van der Waals surface area contributed by atoms with Crippen LogP contribution in [0.5, 0.6) is 11.5 Å². The molecule has 0 aromatic heterocycles. The van der Waals surface area contributed by atoms with Gasteiger partial charge in [0.2, 0.25) is 0 Å². The van der Waals surface area contributed by atoms with Crippen LogP contribution in [-0.4, -0.2) is 51.6 Å². The van der Waals surface area contributed by atoms with Crippen molar-refractivity contribution >= 4 is 11.0 Å². The molecule has 0 radical (unpaired) electrons. The average Bonchev–Trinajstić information content (AvgIpc) is 3.17. The molecule has 0 saturated carbocycles. The summed E-state index contributed by atoms with van der Waals surface area (Å²) in [7, 11) is 3.32. The van der Waals surface area contributed by atoms with Crippen molar-refractivity contribution in [2.24, 2.45) is 0 Å². The number of benzene rings is 4. The number of unbranched alkanes of at least 4 members (excludes halogenated alkanes) is 3. The van der Waals surface area contributed by atoms with Crippen LogP contribution in [0.1, 0.15) is 59.9 Å². The van der Waals surface area contributed by atoms with Gasteiger partial charge in [0.15, 0.2) is 11.5 Å². The summed E-state index contributed by atoms with van der Waals surface area (Å²) < 4.78 is 21.0. The van der Waals surface area contributed by atoms with Crippen molar-refractivity contribution in [1.29, 1.82) is 0 Å². The standard InChI is InChI=1S/C42H46N4O6/c1-29-27-36-37(28-30(29)2)45(39-38(43-36)40(48)46(24-12-25-47)41(49)44-39)23-10-5-6-11-26-52-42(31-13-8-7-9-14-31,32-15-19-34(50-3)20-16-32)33-17-21-35(51-4)22-18-33/h7-9,13-22,27-28,47H,5-6,10-12,23-26H2,1-4H3. The average molecular weight is 703 g/mol. The van der Waals surface area contributed by atoms with Gasteiger partial charge in [-0.05, 0) is 97.3 Å². The summed E-state index contributed by atoms with van der Waals surface area (Å²) in [5.74, 6) is 1.83. The Hall–Kier alpha value is -5.32. The monoisotopic (exact) mass is 702 g/mol. The molecule has 0 atom stereocenters. The molecule has 270 valence electrons. The lowest BCUT2D eigenvalue weighted by Crippen LogP contribution is -2.39. The predicted octanol–water partition coefficient (Wildman–Crippen LogP) is 6.64. The van der Waals surface area contributed by atoms with E-state index < -0.39 is 16.9 Å². The van der Waals surface area contributed by atoms with Gasteiger partial charge in [0, 0.05) is 26.3 Å². The molecule has 4 aromatic carbocycles. The van der Waals surface area contributed by atoms with Gasteiger partial charge in [0.1, 0.15) is 17.1 Å². The van der Waals surface area contributed by atoms with Crippen LogP contribution in [0.4, 0.5) is 0 Å². The molecule has 1 N–H and O–H groups in total. The third kappa shape index (κ3) is 7.35. The van der Waals surface area contributed by atoms with E-state index in [1.165, 1.54) is 0 Å². The summed E-state index contributed by atoms with van der Waals surface area (Å²) in [4.78, 5) is 35.4. The van der Waals surface area contributed by atoms with Crippen LogP contribution in [0.3, 0.4) is 0 Å². The molecule has 0 spiro atoms. The highest BCUT2D eigenvalue weighted by atomic mass is 16.5. The number of rotatable bonds is 16. The number of methoxy groups -OCH3 is 2. The molecule has 0 aliphatic carbocycles. The smallest absolute Gasteiger partial charge is 0.352 e. The number of aliphatic hydroxyl groups excluding tert-OH is 1. The summed E-state index contributed by atoms with van der Waals surface area (Å²) in [6.45, 7) is 5.09. The Bertz CT molecular complexity index is 2150. The molecule has 2 heterocycles. The summed E-state index contributed by atoms with van der Waals surface area (Å²) in [6, 6.07) is 30.4. The van der Waals surface area contributed by atoms with Crippen molar-refractivity contribution in [3.63, 3.8) is 0 Å². The van der Waals surface area contributed by atoms with Gasteiger partial charge in [-0.1, -0.05) is 67.4 Å². The van der Waals surface area contributed by atoms with Gasteiger partial charge in [-0.2, -0.15) is 4.98 Å². The maximum absolute atomic E-state index is 13.4. The number of hydrogen-bond donors (Lipinski definition) is 1. The van der Waals surface area contributed by atoms with E-state index in [2.05, 4.69) is 52.4 Å². The summed E-state index contributed by atoms with van der Waals surface area (Å²) in [6.07, 6.45) is 3.71. The molecule has 4 aromatic rings. The minimum atomic E-state index is -0.869. The predicted molar refractivity (Wildman–Crippen MR) is 203 cm³/mol. The fourth-order valence-corrected chi connectivity index (χ4v) is 6.80. The number of hydrogen-bond acceptors (Lipinski definition) is 8. The Morgan fingerprint density at radius 1 is 0.673 bits per heavy atom. The van der Waals surface area contributed by atoms with Gasteiger partial charge >= 0.3 is 5.69 Å². The van der Waals surface area contributed by atoms with E-state index in [0.717, 1.165) is 75.1 Å². The van der Waals surface area contributed by atoms with E-state index in [4.69, 9.17) is 14.2 Å². The Kier molecular flexibility index (Phi) is 11.5. The van der Waals surface area contributed by atoms with Crippen LogP contribution in [0.15, 0.2) is 101 Å². The highest BCUT2D eigenvalue weighted by Crippen LogP contribution is 2.42. The van der Waals surface area contributed by atoms with Gasteiger partial charge < -0.3 is 23.9 Å². The van der Waals surface area contributed by atoms with E-state index >= 15 is 0 Å². The normalized spacial score (nSPS) is 11.7. The third-order valence-electron chi connectivity index (χ3n) is 9.77. The summed E-state index contributed by atoms with van der Waals surface area (Å²) in [5.41, 5.74) is 4.86. The van der Waals surface area contributed by atoms with Gasteiger partial charge in [0.25, 0.3) is 5.56 Å². The van der Waals surface area contributed by atoms with Crippen molar-refractivity contribution in [2.45, 2.75) is 64.6 Å². The van der Waals surface area contributed by atoms with Crippen molar-refractivity contribution < 1.29 is 19.3 Å². The molecule has 2 aliphatic heterocycles. The Balaban J connectivity index is 1.23. The first-order valence-electron chi connectivity index (χ1n) is 17.8. The molecule has 10 heteroatoms. The van der Waals surface area contributed by atoms with Crippen LogP contribution >= 0.6 is 0 Å². The number of ether oxygens (including phenoxy) is 3. The zero-order chi connectivity index (χ0) is 36.7. The molecule has 0 unspecified atom stereocenters. The minimum Gasteiger partial charge on any atom is -0.497 e. The fraction of sp³-hybridized carbons (Fsp3) is 0.333. The molecule has 0 bridgehead atoms. The van der Waals surface area contributed by atoms with E-state index in [-0.39, 0.29) is 25.3 Å². The molecule has 6 rings (SSSR count). The van der Waals surface area contributed by atoms with E-state index in [1.54, 1.807) is 14.2 Å². The zero-order valence-corrected chi connectivity index (χ0v) is 30.3. The summed E-state index contributed by atoms with van der Waals surface area (Å²) >= 11 is 0. The molecule has 0 amide bonds. The number of nitrogens with zero attached hydrogens (tertiary/aromatic N) is 4. The topological polar surface area (TPSA) is 118 Å². The Morgan fingerprint density at radius 2 is 1.25 bits per heavy atom. The number of aromatic nitrogens is 4. The first-order chi connectivity index (χ1) is 25.3. The molecule has 52 heavy (non-hydrogen) atoms.